The Hall–Kier alpha value is -1.48. The van der Waals surface area contributed by atoms with Gasteiger partial charge in [0.2, 0.25) is 5.78 Å². The quantitative estimate of drug-likeness (QED) is 0.774. The highest BCUT2D eigenvalue weighted by molar-refractivity contribution is 7.14. The molecule has 0 aliphatic heterocycles. The molecule has 0 unspecified atom stereocenters. The van der Waals surface area contributed by atoms with Crippen molar-refractivity contribution in [3.63, 3.8) is 0 Å². The van der Waals surface area contributed by atoms with Crippen molar-refractivity contribution >= 4 is 17.1 Å². The van der Waals surface area contributed by atoms with Crippen molar-refractivity contribution in [3.8, 4) is 0 Å². The second kappa shape index (κ2) is 4.80. The Morgan fingerprint density at radius 1 is 1.24 bits per heavy atom. The summed E-state index contributed by atoms with van der Waals surface area (Å²) in [6.07, 6.45) is 0.993. The van der Waals surface area contributed by atoms with Gasteiger partial charge in [-0.1, -0.05) is 31.2 Å². The zero-order valence-corrected chi connectivity index (χ0v) is 11.1. The Labute approximate surface area is 105 Å². The normalized spacial score (nSPS) is 10.5. The number of nitrogens with zero attached hydrogens (tertiary/aromatic N) is 1. The molecule has 2 aromatic rings. The minimum Gasteiger partial charge on any atom is -0.288 e. The minimum atomic E-state index is 0.0794. The molecule has 1 aromatic carbocycles. The van der Waals surface area contributed by atoms with Crippen LogP contribution in [-0.4, -0.2) is 10.8 Å². The Morgan fingerprint density at radius 2 is 1.88 bits per heavy atom. The van der Waals surface area contributed by atoms with E-state index in [4.69, 9.17) is 0 Å². The van der Waals surface area contributed by atoms with E-state index in [1.54, 1.807) is 0 Å². The van der Waals surface area contributed by atoms with E-state index in [1.165, 1.54) is 16.9 Å². The van der Waals surface area contributed by atoms with Crippen LogP contribution in [0, 0.1) is 13.8 Å². The third-order valence-corrected chi connectivity index (χ3v) is 3.81. The molecule has 0 N–H and O–H groups in total. The topological polar surface area (TPSA) is 30.0 Å². The molecule has 0 aliphatic carbocycles. The molecule has 0 spiro atoms. The molecule has 2 nitrogen and oxygen atoms in total. The number of rotatable bonds is 3. The molecule has 0 saturated carbocycles. The summed E-state index contributed by atoms with van der Waals surface area (Å²) in [6.45, 7) is 5.92. The molecule has 3 heteroatoms. The summed E-state index contributed by atoms with van der Waals surface area (Å²) < 4.78 is 0. The Balaban J connectivity index is 2.33. The highest BCUT2D eigenvalue weighted by Gasteiger charge is 2.15. The maximum Gasteiger partial charge on any atom is 0.204 e. The van der Waals surface area contributed by atoms with Crippen molar-refractivity contribution in [3.05, 3.63) is 51.0 Å². The molecule has 1 heterocycles. The lowest BCUT2D eigenvalue weighted by atomic mass is 10.1. The van der Waals surface area contributed by atoms with Crippen molar-refractivity contribution in [2.75, 3.05) is 0 Å². The van der Waals surface area contributed by atoms with Crippen molar-refractivity contribution in [1.29, 1.82) is 0 Å². The Kier molecular flexibility index (Phi) is 3.38. The maximum atomic E-state index is 12.3. The van der Waals surface area contributed by atoms with Crippen molar-refractivity contribution in [2.45, 2.75) is 27.2 Å². The van der Waals surface area contributed by atoms with Crippen LogP contribution in [0.1, 0.15) is 38.4 Å². The van der Waals surface area contributed by atoms with Crippen LogP contribution in [0.3, 0.4) is 0 Å². The second-order valence-electron chi connectivity index (χ2n) is 4.03. The van der Waals surface area contributed by atoms with Gasteiger partial charge in [-0.3, -0.25) is 4.79 Å². The number of aryl methyl sites for hydroxylation is 3. The zero-order chi connectivity index (χ0) is 12.4. The van der Waals surface area contributed by atoms with Gasteiger partial charge in [-0.2, -0.15) is 0 Å². The fourth-order valence-electron chi connectivity index (χ4n) is 1.76. The first-order valence-electron chi connectivity index (χ1n) is 5.69. The first-order chi connectivity index (χ1) is 8.11. The molecular formula is C14H15NOS. The van der Waals surface area contributed by atoms with Crippen LogP contribution in [0.4, 0.5) is 0 Å². The van der Waals surface area contributed by atoms with Crippen LogP contribution in [-0.2, 0) is 6.42 Å². The third kappa shape index (κ3) is 2.44. The van der Waals surface area contributed by atoms with Crippen LogP contribution in [0.25, 0.3) is 0 Å². The predicted molar refractivity (Wildman–Crippen MR) is 70.8 cm³/mol. The third-order valence-electron chi connectivity index (χ3n) is 2.73. The van der Waals surface area contributed by atoms with E-state index in [0.29, 0.717) is 0 Å². The highest BCUT2D eigenvalue weighted by atomic mass is 32.1. The van der Waals surface area contributed by atoms with Gasteiger partial charge in [0.15, 0.2) is 0 Å². The number of carbonyl (C=O) groups is 1. The monoisotopic (exact) mass is 245 g/mol. The smallest absolute Gasteiger partial charge is 0.204 e. The molecule has 0 radical (unpaired) electrons. The molecule has 88 valence electrons. The van der Waals surface area contributed by atoms with E-state index in [0.717, 1.165) is 27.6 Å². The number of aromatic nitrogens is 1. The van der Waals surface area contributed by atoms with Gasteiger partial charge in [0.1, 0.15) is 0 Å². The number of thiazole rings is 1. The van der Waals surface area contributed by atoms with E-state index in [9.17, 15) is 4.79 Å². The maximum absolute atomic E-state index is 12.3. The largest absolute Gasteiger partial charge is 0.288 e. The number of hydrogen-bond acceptors (Lipinski definition) is 3. The average Bonchev–Trinajstić information content (AvgIpc) is 2.68. The van der Waals surface area contributed by atoms with E-state index < -0.39 is 0 Å². The molecule has 0 amide bonds. The Morgan fingerprint density at radius 3 is 2.35 bits per heavy atom. The molecule has 0 fully saturated rings. The van der Waals surface area contributed by atoms with E-state index in [2.05, 4.69) is 11.9 Å². The first kappa shape index (κ1) is 12.0. The first-order valence-corrected chi connectivity index (χ1v) is 6.51. The summed E-state index contributed by atoms with van der Waals surface area (Å²) in [7, 11) is 0. The van der Waals surface area contributed by atoms with Crippen molar-refractivity contribution < 1.29 is 4.79 Å². The van der Waals surface area contributed by atoms with E-state index in [1.807, 2.05) is 38.1 Å². The summed E-state index contributed by atoms with van der Waals surface area (Å²) >= 11 is 1.47. The summed E-state index contributed by atoms with van der Waals surface area (Å²) in [5, 5.41) is 0.941. The van der Waals surface area contributed by atoms with Crippen LogP contribution < -0.4 is 0 Å². The molecule has 17 heavy (non-hydrogen) atoms. The van der Waals surface area contributed by atoms with Gasteiger partial charge in [-0.15, -0.1) is 11.3 Å². The average molecular weight is 245 g/mol. The molecule has 1 aromatic heterocycles. The standard InChI is InChI=1S/C14H15NOS/c1-4-11-5-7-12(8-6-11)13(16)14-9(2)15-10(3)17-14/h5-8H,4H2,1-3H3. The van der Waals surface area contributed by atoms with Gasteiger partial charge >= 0.3 is 0 Å². The number of carbonyl (C=O) groups excluding carboxylic acids is 1. The second-order valence-corrected chi connectivity index (χ2v) is 5.23. The van der Waals surface area contributed by atoms with E-state index >= 15 is 0 Å². The van der Waals surface area contributed by atoms with Gasteiger partial charge < -0.3 is 0 Å². The SMILES string of the molecule is CCc1ccc(C(=O)c2sc(C)nc2C)cc1. The van der Waals surface area contributed by atoms with Gasteiger partial charge in [0, 0.05) is 5.56 Å². The highest BCUT2D eigenvalue weighted by Crippen LogP contribution is 2.21. The number of hydrogen-bond donors (Lipinski definition) is 0. The summed E-state index contributed by atoms with van der Waals surface area (Å²) in [5.74, 6) is 0.0794. The fourth-order valence-corrected chi connectivity index (χ4v) is 2.65. The van der Waals surface area contributed by atoms with Crippen LogP contribution in [0.15, 0.2) is 24.3 Å². The van der Waals surface area contributed by atoms with Crippen molar-refractivity contribution in [2.24, 2.45) is 0 Å². The number of benzene rings is 1. The predicted octanol–water partition coefficient (Wildman–Crippen LogP) is 3.55. The molecular weight excluding hydrogens is 230 g/mol. The lowest BCUT2D eigenvalue weighted by molar-refractivity contribution is 0.104. The molecule has 0 bridgehead atoms. The molecule has 0 saturated heterocycles. The zero-order valence-electron chi connectivity index (χ0n) is 10.3. The summed E-state index contributed by atoms with van der Waals surface area (Å²) in [5.41, 5.74) is 2.82. The minimum absolute atomic E-state index is 0.0794. The molecule has 0 atom stereocenters. The van der Waals surface area contributed by atoms with E-state index in [-0.39, 0.29) is 5.78 Å². The van der Waals surface area contributed by atoms with Crippen molar-refractivity contribution in [1.82, 2.24) is 4.98 Å². The lowest BCUT2D eigenvalue weighted by Gasteiger charge is -2.01. The summed E-state index contributed by atoms with van der Waals surface area (Å²) in [4.78, 5) is 17.3. The van der Waals surface area contributed by atoms with Crippen LogP contribution in [0.5, 0.6) is 0 Å². The van der Waals surface area contributed by atoms with Crippen LogP contribution in [0.2, 0.25) is 0 Å². The van der Waals surface area contributed by atoms with Gasteiger partial charge in [-0.05, 0) is 25.8 Å². The van der Waals surface area contributed by atoms with Gasteiger partial charge in [0.25, 0.3) is 0 Å². The number of ketones is 1. The van der Waals surface area contributed by atoms with Crippen LogP contribution >= 0.6 is 11.3 Å². The van der Waals surface area contributed by atoms with Gasteiger partial charge in [0.05, 0.1) is 15.6 Å². The Bertz CT molecular complexity index is 540. The lowest BCUT2D eigenvalue weighted by Crippen LogP contribution is -2.00. The molecule has 0 aliphatic rings. The van der Waals surface area contributed by atoms with Gasteiger partial charge in [-0.25, -0.2) is 4.98 Å². The molecule has 2 rings (SSSR count). The fraction of sp³-hybridized carbons (Fsp3) is 0.286. The summed E-state index contributed by atoms with van der Waals surface area (Å²) in [6, 6.07) is 7.82.